The summed E-state index contributed by atoms with van der Waals surface area (Å²) >= 11 is 0. The summed E-state index contributed by atoms with van der Waals surface area (Å²) in [5.74, 6) is 0.436. The Morgan fingerprint density at radius 3 is 2.83 bits per heavy atom. The Balaban J connectivity index is 1.75. The van der Waals surface area contributed by atoms with Gasteiger partial charge in [-0.1, -0.05) is 18.2 Å². The van der Waals surface area contributed by atoms with Crippen molar-refractivity contribution in [3.05, 3.63) is 42.9 Å². The third kappa shape index (κ3) is 2.47. The number of carbonyl (C=O) groups excluding carboxylic acids is 1. The number of para-hydroxylation sites is 1. The fourth-order valence-electron chi connectivity index (χ4n) is 3.24. The number of piperidine rings is 1. The van der Waals surface area contributed by atoms with Gasteiger partial charge in [0.1, 0.15) is 12.1 Å². The van der Waals surface area contributed by atoms with Gasteiger partial charge in [0.25, 0.3) is 0 Å². The zero-order chi connectivity index (χ0) is 16.5. The van der Waals surface area contributed by atoms with Gasteiger partial charge in [-0.3, -0.25) is 4.79 Å². The highest BCUT2D eigenvalue weighted by Gasteiger charge is 2.26. The topological polar surface area (TPSA) is 89.9 Å². The van der Waals surface area contributed by atoms with Crippen molar-refractivity contribution in [2.75, 3.05) is 18.0 Å². The van der Waals surface area contributed by atoms with Gasteiger partial charge in [-0.2, -0.15) is 5.10 Å². The highest BCUT2D eigenvalue weighted by molar-refractivity contribution is 5.88. The molecule has 2 N–H and O–H groups in total. The van der Waals surface area contributed by atoms with Crippen LogP contribution in [0.4, 0.5) is 5.82 Å². The molecule has 1 atom stereocenters. The predicted molar refractivity (Wildman–Crippen MR) is 90.8 cm³/mol. The standard InChI is InChI=1S/C17H18N6O/c18-15(24)12-5-4-8-22(10-12)16-14-9-21-23(17(14)20-11-19-16)13-6-2-1-3-7-13/h1-3,6-7,9,11-12H,4-5,8,10H2,(H2,18,24)/t12-/m1/s1. The average Bonchev–Trinajstić information content (AvgIpc) is 3.06. The molecule has 0 bridgehead atoms. The van der Waals surface area contributed by atoms with Gasteiger partial charge >= 0.3 is 0 Å². The number of amides is 1. The van der Waals surface area contributed by atoms with E-state index in [-0.39, 0.29) is 11.8 Å². The predicted octanol–water partition coefficient (Wildman–Crippen LogP) is 1.52. The van der Waals surface area contributed by atoms with Crippen molar-refractivity contribution in [2.24, 2.45) is 11.7 Å². The van der Waals surface area contributed by atoms with Crippen LogP contribution in [-0.4, -0.2) is 38.7 Å². The molecule has 1 fully saturated rings. The molecule has 24 heavy (non-hydrogen) atoms. The first-order chi connectivity index (χ1) is 11.7. The second-order valence-electron chi connectivity index (χ2n) is 6.01. The van der Waals surface area contributed by atoms with Gasteiger partial charge in [-0.15, -0.1) is 0 Å². The fourth-order valence-corrected chi connectivity index (χ4v) is 3.24. The number of primary amides is 1. The Labute approximate surface area is 139 Å². The van der Waals surface area contributed by atoms with Gasteiger partial charge in [-0.05, 0) is 25.0 Å². The molecule has 7 nitrogen and oxygen atoms in total. The summed E-state index contributed by atoms with van der Waals surface area (Å²) in [6.07, 6.45) is 5.09. The summed E-state index contributed by atoms with van der Waals surface area (Å²) in [4.78, 5) is 22.5. The number of rotatable bonds is 3. The third-order valence-electron chi connectivity index (χ3n) is 4.47. The molecule has 4 rings (SSSR count). The zero-order valence-electron chi connectivity index (χ0n) is 13.2. The van der Waals surface area contributed by atoms with Crippen LogP contribution in [0.1, 0.15) is 12.8 Å². The van der Waals surface area contributed by atoms with E-state index in [9.17, 15) is 4.79 Å². The normalized spacial score (nSPS) is 18.0. The van der Waals surface area contributed by atoms with E-state index in [0.29, 0.717) is 6.54 Å². The molecule has 1 aromatic carbocycles. The number of hydrogen-bond donors (Lipinski definition) is 1. The molecule has 3 aromatic rings. The Kier molecular flexibility index (Phi) is 3.60. The summed E-state index contributed by atoms with van der Waals surface area (Å²) in [6, 6.07) is 9.86. The van der Waals surface area contributed by atoms with Crippen LogP contribution in [0.2, 0.25) is 0 Å². The third-order valence-corrected chi connectivity index (χ3v) is 4.47. The number of anilines is 1. The van der Waals surface area contributed by atoms with E-state index in [1.807, 2.05) is 30.3 Å². The number of carbonyl (C=O) groups is 1. The van der Waals surface area contributed by atoms with Gasteiger partial charge < -0.3 is 10.6 Å². The van der Waals surface area contributed by atoms with Crippen LogP contribution >= 0.6 is 0 Å². The van der Waals surface area contributed by atoms with Crippen molar-refractivity contribution in [2.45, 2.75) is 12.8 Å². The number of benzene rings is 1. The van der Waals surface area contributed by atoms with Crippen molar-refractivity contribution in [3.63, 3.8) is 0 Å². The van der Waals surface area contributed by atoms with Crippen LogP contribution in [0.5, 0.6) is 0 Å². The van der Waals surface area contributed by atoms with Crippen LogP contribution < -0.4 is 10.6 Å². The second kappa shape index (κ2) is 5.92. The van der Waals surface area contributed by atoms with Crippen LogP contribution in [0.3, 0.4) is 0 Å². The molecule has 0 spiro atoms. The molecule has 0 saturated carbocycles. The van der Waals surface area contributed by atoms with Crippen molar-refractivity contribution in [3.8, 4) is 5.69 Å². The smallest absolute Gasteiger partial charge is 0.222 e. The van der Waals surface area contributed by atoms with E-state index in [4.69, 9.17) is 5.73 Å². The molecule has 2 aromatic heterocycles. The number of nitrogens with zero attached hydrogens (tertiary/aromatic N) is 5. The van der Waals surface area contributed by atoms with Gasteiger partial charge in [0.15, 0.2) is 5.65 Å². The first kappa shape index (κ1) is 14.6. The molecule has 0 unspecified atom stereocenters. The highest BCUT2D eigenvalue weighted by atomic mass is 16.1. The van der Waals surface area contributed by atoms with Gasteiger partial charge in [0, 0.05) is 13.1 Å². The lowest BCUT2D eigenvalue weighted by molar-refractivity contribution is -0.122. The molecule has 1 aliphatic rings. The number of hydrogen-bond acceptors (Lipinski definition) is 5. The van der Waals surface area contributed by atoms with E-state index in [1.54, 1.807) is 17.2 Å². The summed E-state index contributed by atoms with van der Waals surface area (Å²) < 4.78 is 1.80. The van der Waals surface area contributed by atoms with Gasteiger partial charge in [0.05, 0.1) is 23.2 Å². The first-order valence-electron chi connectivity index (χ1n) is 8.02. The number of fused-ring (bicyclic) bond motifs is 1. The maximum absolute atomic E-state index is 11.5. The summed E-state index contributed by atoms with van der Waals surface area (Å²) in [5.41, 5.74) is 7.19. The summed E-state index contributed by atoms with van der Waals surface area (Å²) in [7, 11) is 0. The Morgan fingerprint density at radius 2 is 2.04 bits per heavy atom. The summed E-state index contributed by atoms with van der Waals surface area (Å²) in [6.45, 7) is 1.45. The van der Waals surface area contributed by atoms with E-state index >= 15 is 0 Å². The van der Waals surface area contributed by atoms with Gasteiger partial charge in [0.2, 0.25) is 5.91 Å². The number of aromatic nitrogens is 4. The minimum absolute atomic E-state index is 0.132. The lowest BCUT2D eigenvalue weighted by atomic mass is 9.97. The SMILES string of the molecule is NC(=O)[C@@H]1CCCN(c2ncnc3c2cnn3-c2ccccc2)C1. The zero-order valence-corrected chi connectivity index (χ0v) is 13.2. The minimum Gasteiger partial charge on any atom is -0.369 e. The Morgan fingerprint density at radius 1 is 1.21 bits per heavy atom. The Bertz CT molecular complexity index is 875. The van der Waals surface area contributed by atoms with Crippen molar-refractivity contribution in [1.29, 1.82) is 0 Å². The van der Waals surface area contributed by atoms with Gasteiger partial charge in [-0.25, -0.2) is 14.6 Å². The fraction of sp³-hybridized carbons (Fsp3) is 0.294. The molecular weight excluding hydrogens is 304 g/mol. The van der Waals surface area contributed by atoms with Crippen molar-refractivity contribution in [1.82, 2.24) is 19.7 Å². The van der Waals surface area contributed by atoms with Crippen LogP contribution in [0.25, 0.3) is 16.7 Å². The van der Waals surface area contributed by atoms with E-state index < -0.39 is 0 Å². The maximum Gasteiger partial charge on any atom is 0.222 e. The highest BCUT2D eigenvalue weighted by Crippen LogP contribution is 2.28. The average molecular weight is 322 g/mol. The Hall–Kier alpha value is -2.96. The van der Waals surface area contributed by atoms with Crippen LogP contribution in [0.15, 0.2) is 42.9 Å². The van der Waals surface area contributed by atoms with E-state index in [0.717, 1.165) is 41.9 Å². The molecule has 0 aliphatic carbocycles. The first-order valence-corrected chi connectivity index (χ1v) is 8.02. The number of nitrogens with two attached hydrogens (primary N) is 1. The van der Waals surface area contributed by atoms with Crippen LogP contribution in [0, 0.1) is 5.92 Å². The maximum atomic E-state index is 11.5. The molecule has 1 amide bonds. The van der Waals surface area contributed by atoms with E-state index in [1.165, 1.54) is 0 Å². The molecule has 1 saturated heterocycles. The molecule has 7 heteroatoms. The largest absolute Gasteiger partial charge is 0.369 e. The lowest BCUT2D eigenvalue weighted by Gasteiger charge is -2.32. The lowest BCUT2D eigenvalue weighted by Crippen LogP contribution is -2.41. The summed E-state index contributed by atoms with van der Waals surface area (Å²) in [5, 5.41) is 5.35. The molecule has 3 heterocycles. The minimum atomic E-state index is -0.245. The van der Waals surface area contributed by atoms with E-state index in [2.05, 4.69) is 20.0 Å². The monoisotopic (exact) mass is 322 g/mol. The molecule has 122 valence electrons. The quantitative estimate of drug-likeness (QED) is 0.789. The molecular formula is C17H18N6O. The molecule has 1 aliphatic heterocycles. The molecule has 0 radical (unpaired) electrons. The van der Waals surface area contributed by atoms with Crippen molar-refractivity contribution < 1.29 is 4.79 Å². The van der Waals surface area contributed by atoms with Crippen LogP contribution in [-0.2, 0) is 4.79 Å². The second-order valence-corrected chi connectivity index (χ2v) is 6.01. The van der Waals surface area contributed by atoms with Crippen molar-refractivity contribution >= 4 is 22.8 Å².